The predicted molar refractivity (Wildman–Crippen MR) is 65.6 cm³/mol. The molecule has 8 heteroatoms. The molecule has 1 aromatic rings. The molecule has 0 aliphatic heterocycles. The predicted octanol–water partition coefficient (Wildman–Crippen LogP) is 3.66. The Labute approximate surface area is 113 Å². The van der Waals surface area contributed by atoms with Gasteiger partial charge in [-0.25, -0.2) is 8.42 Å². The van der Waals surface area contributed by atoms with Crippen molar-refractivity contribution in [2.24, 2.45) is 0 Å². The summed E-state index contributed by atoms with van der Waals surface area (Å²) in [5, 5.41) is -0.0490. The Bertz CT molecular complexity index is 504. The Hall–Kier alpha value is -0.230. The smallest absolute Gasteiger partial charge is 0.262 e. The highest BCUT2D eigenvalue weighted by Gasteiger charge is 2.18. The van der Waals surface area contributed by atoms with E-state index in [2.05, 4.69) is 0 Å². The molecule has 0 aliphatic carbocycles. The van der Waals surface area contributed by atoms with Crippen LogP contribution in [0, 0.1) is 0 Å². The van der Waals surface area contributed by atoms with Gasteiger partial charge in [0.25, 0.3) is 9.05 Å². The zero-order chi connectivity index (χ0) is 13.1. The minimum absolute atomic E-state index is 0.0486. The van der Waals surface area contributed by atoms with Gasteiger partial charge in [0.15, 0.2) is 0 Å². The fourth-order valence-electron chi connectivity index (χ4n) is 1.04. The summed E-state index contributed by atoms with van der Waals surface area (Å²) in [6.07, 6.45) is 0.212. The maximum atomic E-state index is 11.9. The first-order chi connectivity index (χ1) is 7.86. The van der Waals surface area contributed by atoms with Crippen LogP contribution in [0.5, 0.6) is 5.75 Å². The summed E-state index contributed by atoms with van der Waals surface area (Å²) >= 11 is 11.5. The molecule has 0 radical (unpaired) electrons. The molecule has 96 valence electrons. The van der Waals surface area contributed by atoms with E-state index in [-0.39, 0.29) is 33.7 Å². The maximum absolute atomic E-state index is 11.9. The largest absolute Gasteiger partial charge is 0.492 e. The van der Waals surface area contributed by atoms with E-state index in [9.17, 15) is 12.8 Å². The molecule has 17 heavy (non-hydrogen) atoms. The average molecular weight is 322 g/mol. The molecule has 0 saturated carbocycles. The lowest BCUT2D eigenvalue weighted by Crippen LogP contribution is -2.00. The second-order valence-electron chi connectivity index (χ2n) is 3.04. The van der Waals surface area contributed by atoms with Crippen LogP contribution in [0.25, 0.3) is 0 Å². The topological polar surface area (TPSA) is 43.4 Å². The van der Waals surface area contributed by atoms with Gasteiger partial charge >= 0.3 is 0 Å². The molecule has 0 atom stereocenters. The lowest BCUT2D eigenvalue weighted by molar-refractivity contribution is 0.289. The third-order valence-electron chi connectivity index (χ3n) is 1.78. The molecule has 1 rings (SSSR count). The Morgan fingerprint density at radius 1 is 1.24 bits per heavy atom. The summed E-state index contributed by atoms with van der Waals surface area (Å²) in [4.78, 5) is -0.288. The van der Waals surface area contributed by atoms with Gasteiger partial charge in [0.2, 0.25) is 0 Å². The van der Waals surface area contributed by atoms with Crippen LogP contribution in [-0.2, 0) is 9.05 Å². The van der Waals surface area contributed by atoms with Crippen LogP contribution in [0.2, 0.25) is 10.0 Å². The Morgan fingerprint density at radius 3 is 2.41 bits per heavy atom. The highest BCUT2D eigenvalue weighted by molar-refractivity contribution is 8.13. The van der Waals surface area contributed by atoms with Crippen molar-refractivity contribution in [2.45, 2.75) is 11.3 Å². The molecule has 0 amide bonds. The van der Waals surface area contributed by atoms with Crippen molar-refractivity contribution >= 4 is 42.9 Å². The summed E-state index contributed by atoms with van der Waals surface area (Å²) in [5.41, 5.74) is 0. The molecular formula is C9H8Cl3FO3S. The standard InChI is InChI=1S/C9H8Cl3FO3S/c10-6-5-9(17(12,14)15)7(11)4-8(6)16-3-1-2-13/h4-5H,1-3H2. The highest BCUT2D eigenvalue weighted by Crippen LogP contribution is 2.34. The van der Waals surface area contributed by atoms with Crippen molar-refractivity contribution < 1.29 is 17.5 Å². The van der Waals surface area contributed by atoms with Crippen LogP contribution in [0.15, 0.2) is 17.0 Å². The fraction of sp³-hybridized carbons (Fsp3) is 0.333. The third-order valence-corrected chi connectivity index (χ3v) is 3.87. The Morgan fingerprint density at radius 2 is 1.88 bits per heavy atom. The third kappa shape index (κ3) is 4.17. The first kappa shape index (κ1) is 14.8. The van der Waals surface area contributed by atoms with Crippen molar-refractivity contribution in [3.05, 3.63) is 22.2 Å². The number of hydrogen-bond donors (Lipinski definition) is 0. The number of hydrogen-bond acceptors (Lipinski definition) is 3. The zero-order valence-electron chi connectivity index (χ0n) is 8.42. The van der Waals surface area contributed by atoms with Crippen LogP contribution in [0.1, 0.15) is 6.42 Å². The second kappa shape index (κ2) is 6.09. The normalized spacial score (nSPS) is 11.5. The molecule has 0 aliphatic rings. The van der Waals surface area contributed by atoms with E-state index < -0.39 is 15.7 Å². The van der Waals surface area contributed by atoms with Gasteiger partial charge in [-0.05, 0) is 6.07 Å². The van der Waals surface area contributed by atoms with Crippen molar-refractivity contribution in [1.82, 2.24) is 0 Å². The van der Waals surface area contributed by atoms with Gasteiger partial charge in [-0.1, -0.05) is 23.2 Å². The number of alkyl halides is 1. The molecule has 0 aromatic heterocycles. The van der Waals surface area contributed by atoms with E-state index in [0.717, 1.165) is 6.07 Å². The fourth-order valence-corrected chi connectivity index (χ4v) is 2.84. The van der Waals surface area contributed by atoms with Gasteiger partial charge in [0.1, 0.15) is 10.6 Å². The van der Waals surface area contributed by atoms with Gasteiger partial charge in [-0.2, -0.15) is 0 Å². The average Bonchev–Trinajstić information content (AvgIpc) is 2.21. The van der Waals surface area contributed by atoms with Crippen LogP contribution in [0.3, 0.4) is 0 Å². The Kier molecular flexibility index (Phi) is 5.31. The molecule has 0 fully saturated rings. The Balaban J connectivity index is 3.02. The van der Waals surface area contributed by atoms with E-state index in [1.807, 2.05) is 0 Å². The summed E-state index contributed by atoms with van der Waals surface area (Å²) in [6.45, 7) is -0.390. The number of halogens is 4. The molecular weight excluding hydrogens is 314 g/mol. The van der Waals surface area contributed by atoms with Gasteiger partial charge < -0.3 is 4.74 Å². The zero-order valence-corrected chi connectivity index (χ0v) is 11.5. The van der Waals surface area contributed by atoms with Crippen LogP contribution >= 0.6 is 33.9 Å². The van der Waals surface area contributed by atoms with Gasteiger partial charge in [0.05, 0.1) is 23.3 Å². The van der Waals surface area contributed by atoms with E-state index in [1.165, 1.54) is 6.07 Å². The van der Waals surface area contributed by atoms with E-state index in [1.54, 1.807) is 0 Å². The van der Waals surface area contributed by atoms with E-state index >= 15 is 0 Å². The minimum Gasteiger partial charge on any atom is -0.492 e. The van der Waals surface area contributed by atoms with Crippen LogP contribution < -0.4 is 4.74 Å². The molecule has 0 saturated heterocycles. The molecule has 1 aromatic carbocycles. The van der Waals surface area contributed by atoms with Crippen molar-refractivity contribution in [3.63, 3.8) is 0 Å². The minimum atomic E-state index is -3.96. The monoisotopic (exact) mass is 320 g/mol. The van der Waals surface area contributed by atoms with Gasteiger partial charge in [-0.15, -0.1) is 0 Å². The van der Waals surface area contributed by atoms with Gasteiger partial charge in [0, 0.05) is 23.2 Å². The summed E-state index contributed by atoms with van der Waals surface area (Å²) < 4.78 is 39.2. The number of rotatable bonds is 5. The molecule has 0 unspecified atom stereocenters. The summed E-state index contributed by atoms with van der Waals surface area (Å²) in [7, 11) is 1.20. The maximum Gasteiger partial charge on any atom is 0.262 e. The van der Waals surface area contributed by atoms with Crippen LogP contribution in [0.4, 0.5) is 4.39 Å². The molecule has 0 spiro atoms. The van der Waals surface area contributed by atoms with E-state index in [0.29, 0.717) is 0 Å². The number of ether oxygens (including phenoxy) is 1. The van der Waals surface area contributed by atoms with Crippen molar-refractivity contribution in [1.29, 1.82) is 0 Å². The number of benzene rings is 1. The summed E-state index contributed by atoms with van der Waals surface area (Å²) in [6, 6.07) is 2.33. The van der Waals surface area contributed by atoms with Gasteiger partial charge in [-0.3, -0.25) is 4.39 Å². The second-order valence-corrected chi connectivity index (χ2v) is 6.39. The quantitative estimate of drug-likeness (QED) is 0.614. The van der Waals surface area contributed by atoms with Crippen molar-refractivity contribution in [2.75, 3.05) is 13.3 Å². The summed E-state index contributed by atoms with van der Waals surface area (Å²) in [5.74, 6) is 0.189. The molecule has 3 nitrogen and oxygen atoms in total. The van der Waals surface area contributed by atoms with Crippen LogP contribution in [-0.4, -0.2) is 21.7 Å². The molecule has 0 heterocycles. The van der Waals surface area contributed by atoms with Crippen molar-refractivity contribution in [3.8, 4) is 5.75 Å². The first-order valence-corrected chi connectivity index (χ1v) is 7.55. The SMILES string of the molecule is O=S(=O)(Cl)c1cc(Cl)c(OCCCF)cc1Cl. The van der Waals surface area contributed by atoms with E-state index in [4.69, 9.17) is 38.6 Å². The highest BCUT2D eigenvalue weighted by atomic mass is 35.7. The lowest BCUT2D eigenvalue weighted by Gasteiger charge is -2.09. The first-order valence-electron chi connectivity index (χ1n) is 4.48. The lowest BCUT2D eigenvalue weighted by atomic mass is 10.3. The molecule has 0 bridgehead atoms. The molecule has 0 N–H and O–H groups in total.